The Labute approximate surface area is 132 Å². The Bertz CT molecular complexity index is 518. The number of hydrogen-bond acceptors (Lipinski definition) is 3. The number of carbonyl (C=O) groups excluding carboxylic acids is 2. The van der Waals surface area contributed by atoms with E-state index in [9.17, 15) is 9.59 Å². The van der Waals surface area contributed by atoms with Gasteiger partial charge in [-0.25, -0.2) is 0 Å². The minimum atomic E-state index is -0.261. The van der Waals surface area contributed by atoms with Gasteiger partial charge in [0.1, 0.15) is 0 Å². The fourth-order valence-electron chi connectivity index (χ4n) is 2.91. The van der Waals surface area contributed by atoms with Crippen LogP contribution in [-0.4, -0.2) is 48.3 Å². The standard InChI is InChI=1S/C17H25N3O2/c1-13(14-7-4-3-5-8-14)19(2)16(21)12-20-10-6-9-15(11-20)17(18)22/h3-5,7-8,13,15H,6,9-12H2,1-2H3,(H2,18,22)/t13-,15+/m1/s1. The van der Waals surface area contributed by atoms with Gasteiger partial charge in [-0.3, -0.25) is 14.5 Å². The van der Waals surface area contributed by atoms with E-state index < -0.39 is 0 Å². The number of amides is 2. The van der Waals surface area contributed by atoms with E-state index >= 15 is 0 Å². The highest BCUT2D eigenvalue weighted by molar-refractivity contribution is 5.79. The summed E-state index contributed by atoms with van der Waals surface area (Å²) in [7, 11) is 1.83. The molecule has 2 N–H and O–H groups in total. The van der Waals surface area contributed by atoms with Crippen molar-refractivity contribution in [2.24, 2.45) is 11.7 Å². The fraction of sp³-hybridized carbons (Fsp3) is 0.529. The molecule has 5 nitrogen and oxygen atoms in total. The summed E-state index contributed by atoms with van der Waals surface area (Å²) in [4.78, 5) is 27.6. The SMILES string of the molecule is C[C@H](c1ccccc1)N(C)C(=O)CN1CCC[C@H](C(N)=O)C1. The van der Waals surface area contributed by atoms with Crippen LogP contribution in [0.4, 0.5) is 0 Å². The molecule has 1 heterocycles. The molecule has 1 aromatic carbocycles. The van der Waals surface area contributed by atoms with Crippen molar-refractivity contribution in [1.29, 1.82) is 0 Å². The molecular weight excluding hydrogens is 278 g/mol. The van der Waals surface area contributed by atoms with Crippen molar-refractivity contribution in [2.75, 3.05) is 26.7 Å². The fourth-order valence-corrected chi connectivity index (χ4v) is 2.91. The summed E-state index contributed by atoms with van der Waals surface area (Å²) in [5.41, 5.74) is 6.50. The number of piperidine rings is 1. The molecule has 0 spiro atoms. The topological polar surface area (TPSA) is 66.6 Å². The number of hydrogen-bond donors (Lipinski definition) is 1. The van der Waals surface area contributed by atoms with Crippen LogP contribution in [0.3, 0.4) is 0 Å². The first kappa shape index (κ1) is 16.5. The molecule has 1 saturated heterocycles. The van der Waals surface area contributed by atoms with E-state index in [1.807, 2.05) is 49.2 Å². The van der Waals surface area contributed by atoms with E-state index in [4.69, 9.17) is 5.73 Å². The van der Waals surface area contributed by atoms with Gasteiger partial charge in [-0.05, 0) is 31.9 Å². The Morgan fingerprint density at radius 2 is 2.05 bits per heavy atom. The van der Waals surface area contributed by atoms with Gasteiger partial charge in [0.2, 0.25) is 11.8 Å². The predicted octanol–water partition coefficient (Wildman–Crippen LogP) is 1.40. The number of likely N-dealkylation sites (tertiary alicyclic amines) is 1. The lowest BCUT2D eigenvalue weighted by molar-refractivity contribution is -0.134. The number of likely N-dealkylation sites (N-methyl/N-ethyl adjacent to an activating group) is 1. The van der Waals surface area contributed by atoms with Crippen LogP contribution in [0, 0.1) is 5.92 Å². The molecule has 0 radical (unpaired) electrons. The summed E-state index contributed by atoms with van der Waals surface area (Å²) < 4.78 is 0. The summed E-state index contributed by atoms with van der Waals surface area (Å²) >= 11 is 0. The van der Waals surface area contributed by atoms with Crippen molar-refractivity contribution < 1.29 is 9.59 Å². The Hall–Kier alpha value is -1.88. The molecule has 0 aromatic heterocycles. The average Bonchev–Trinajstić information content (AvgIpc) is 2.54. The third-order valence-corrected chi connectivity index (χ3v) is 4.52. The van der Waals surface area contributed by atoms with E-state index in [-0.39, 0.29) is 23.8 Å². The van der Waals surface area contributed by atoms with E-state index in [0.29, 0.717) is 13.1 Å². The third-order valence-electron chi connectivity index (χ3n) is 4.52. The first-order valence-corrected chi connectivity index (χ1v) is 7.81. The minimum absolute atomic E-state index is 0.0328. The van der Waals surface area contributed by atoms with Crippen LogP contribution in [-0.2, 0) is 9.59 Å². The number of nitrogens with zero attached hydrogens (tertiary/aromatic N) is 2. The molecule has 2 amide bonds. The van der Waals surface area contributed by atoms with Crippen LogP contribution in [0.1, 0.15) is 31.4 Å². The van der Waals surface area contributed by atoms with Crippen molar-refractivity contribution in [3.8, 4) is 0 Å². The Morgan fingerprint density at radius 1 is 1.36 bits per heavy atom. The summed E-state index contributed by atoms with van der Waals surface area (Å²) in [5.74, 6) is -0.317. The van der Waals surface area contributed by atoms with Crippen molar-refractivity contribution in [1.82, 2.24) is 9.80 Å². The van der Waals surface area contributed by atoms with Crippen LogP contribution in [0.2, 0.25) is 0 Å². The van der Waals surface area contributed by atoms with Crippen LogP contribution in [0.5, 0.6) is 0 Å². The van der Waals surface area contributed by atoms with Crippen molar-refractivity contribution in [3.63, 3.8) is 0 Å². The summed E-state index contributed by atoms with van der Waals surface area (Å²) in [6, 6.07) is 10.0. The second-order valence-corrected chi connectivity index (χ2v) is 6.07. The molecule has 0 unspecified atom stereocenters. The zero-order valence-corrected chi connectivity index (χ0v) is 13.4. The van der Waals surface area contributed by atoms with Crippen LogP contribution >= 0.6 is 0 Å². The monoisotopic (exact) mass is 303 g/mol. The molecule has 0 saturated carbocycles. The molecule has 1 aromatic rings. The molecular formula is C17H25N3O2. The second-order valence-electron chi connectivity index (χ2n) is 6.07. The molecule has 0 aliphatic carbocycles. The molecule has 22 heavy (non-hydrogen) atoms. The summed E-state index contributed by atoms with van der Waals surface area (Å²) in [6.45, 7) is 3.81. The Kier molecular flexibility index (Phi) is 5.55. The van der Waals surface area contributed by atoms with Gasteiger partial charge in [0.25, 0.3) is 0 Å². The van der Waals surface area contributed by atoms with Crippen molar-refractivity contribution >= 4 is 11.8 Å². The maximum atomic E-state index is 12.5. The number of carbonyl (C=O) groups is 2. The molecule has 0 bridgehead atoms. The van der Waals surface area contributed by atoms with Gasteiger partial charge in [0, 0.05) is 13.6 Å². The maximum Gasteiger partial charge on any atom is 0.236 e. The second kappa shape index (κ2) is 7.40. The molecule has 120 valence electrons. The smallest absolute Gasteiger partial charge is 0.236 e. The lowest BCUT2D eigenvalue weighted by atomic mass is 9.97. The highest BCUT2D eigenvalue weighted by Crippen LogP contribution is 2.20. The summed E-state index contributed by atoms with van der Waals surface area (Å²) in [6.07, 6.45) is 1.75. The highest BCUT2D eigenvalue weighted by Gasteiger charge is 2.26. The quantitative estimate of drug-likeness (QED) is 0.894. The zero-order chi connectivity index (χ0) is 16.1. The van der Waals surface area contributed by atoms with Crippen LogP contribution in [0.15, 0.2) is 30.3 Å². The zero-order valence-electron chi connectivity index (χ0n) is 13.4. The largest absolute Gasteiger partial charge is 0.369 e. The number of nitrogens with two attached hydrogens (primary N) is 1. The Morgan fingerprint density at radius 3 is 2.68 bits per heavy atom. The first-order valence-electron chi connectivity index (χ1n) is 7.81. The van der Waals surface area contributed by atoms with E-state index in [0.717, 1.165) is 24.9 Å². The van der Waals surface area contributed by atoms with Crippen LogP contribution in [0.25, 0.3) is 0 Å². The van der Waals surface area contributed by atoms with Crippen molar-refractivity contribution in [2.45, 2.75) is 25.8 Å². The molecule has 2 rings (SSSR count). The lowest BCUT2D eigenvalue weighted by Crippen LogP contribution is -2.46. The van der Waals surface area contributed by atoms with Gasteiger partial charge in [-0.1, -0.05) is 30.3 Å². The third kappa shape index (κ3) is 4.07. The number of benzene rings is 1. The number of primary amides is 1. The lowest BCUT2D eigenvalue weighted by Gasteiger charge is -2.33. The molecule has 2 atom stereocenters. The maximum absolute atomic E-state index is 12.5. The minimum Gasteiger partial charge on any atom is -0.369 e. The molecule has 1 aliphatic heterocycles. The first-order chi connectivity index (χ1) is 10.5. The van der Waals surface area contributed by atoms with Crippen molar-refractivity contribution in [3.05, 3.63) is 35.9 Å². The van der Waals surface area contributed by atoms with Gasteiger partial charge in [-0.2, -0.15) is 0 Å². The highest BCUT2D eigenvalue weighted by atomic mass is 16.2. The molecule has 5 heteroatoms. The van der Waals surface area contributed by atoms with Gasteiger partial charge < -0.3 is 10.6 Å². The van der Waals surface area contributed by atoms with Gasteiger partial charge in [0.15, 0.2) is 0 Å². The molecule has 1 fully saturated rings. The normalized spacial score (nSPS) is 20.4. The van der Waals surface area contributed by atoms with E-state index in [1.165, 1.54) is 0 Å². The number of rotatable bonds is 5. The van der Waals surface area contributed by atoms with Gasteiger partial charge in [-0.15, -0.1) is 0 Å². The predicted molar refractivity (Wildman–Crippen MR) is 86.0 cm³/mol. The van der Waals surface area contributed by atoms with Gasteiger partial charge in [0.05, 0.1) is 18.5 Å². The van der Waals surface area contributed by atoms with E-state index in [1.54, 1.807) is 4.90 Å². The molecule has 1 aliphatic rings. The Balaban J connectivity index is 1.92. The summed E-state index contributed by atoms with van der Waals surface area (Å²) in [5, 5.41) is 0. The van der Waals surface area contributed by atoms with Crippen LogP contribution < -0.4 is 5.73 Å². The average molecular weight is 303 g/mol. The van der Waals surface area contributed by atoms with Gasteiger partial charge >= 0.3 is 0 Å². The van der Waals surface area contributed by atoms with E-state index in [2.05, 4.69) is 0 Å².